The minimum absolute atomic E-state index is 0.0210. The van der Waals surface area contributed by atoms with Gasteiger partial charge in [0.15, 0.2) is 0 Å². The fourth-order valence-corrected chi connectivity index (χ4v) is 7.12. The van der Waals surface area contributed by atoms with Crippen molar-refractivity contribution in [2.45, 2.75) is 84.1 Å². The van der Waals surface area contributed by atoms with Crippen molar-refractivity contribution >= 4 is 11.8 Å². The van der Waals surface area contributed by atoms with E-state index in [0.29, 0.717) is 19.5 Å². The van der Waals surface area contributed by atoms with Crippen molar-refractivity contribution in [1.82, 2.24) is 15.5 Å². The van der Waals surface area contributed by atoms with Crippen LogP contribution in [0.1, 0.15) is 78.6 Å². The van der Waals surface area contributed by atoms with E-state index in [2.05, 4.69) is 36.3 Å². The van der Waals surface area contributed by atoms with Crippen LogP contribution in [0.2, 0.25) is 0 Å². The van der Waals surface area contributed by atoms with Crippen molar-refractivity contribution in [3.8, 4) is 0 Å². The molecule has 4 aliphatic carbocycles. The summed E-state index contributed by atoms with van der Waals surface area (Å²) in [7, 11) is 0. The molecule has 4 saturated carbocycles. The summed E-state index contributed by atoms with van der Waals surface area (Å²) >= 11 is 0. The van der Waals surface area contributed by atoms with Gasteiger partial charge in [-0.2, -0.15) is 0 Å². The number of carbonyl (C=O) groups excluding carboxylic acids is 2. The van der Waals surface area contributed by atoms with Gasteiger partial charge >= 0.3 is 0 Å². The van der Waals surface area contributed by atoms with E-state index in [0.717, 1.165) is 56.0 Å². The smallest absolute Gasteiger partial charge is 0.226 e. The van der Waals surface area contributed by atoms with E-state index < -0.39 is 0 Å². The topological polar surface area (TPSA) is 61.4 Å². The van der Waals surface area contributed by atoms with E-state index in [1.165, 1.54) is 32.1 Å². The Kier molecular flexibility index (Phi) is 5.98. The number of carbonyl (C=O) groups is 2. The average Bonchev–Trinajstić information content (AvgIpc) is 2.65. The number of hydrogen-bond acceptors (Lipinski definition) is 3. The largest absolute Gasteiger partial charge is 0.355 e. The van der Waals surface area contributed by atoms with Crippen molar-refractivity contribution in [3.63, 3.8) is 0 Å². The molecule has 0 spiro atoms. The van der Waals surface area contributed by atoms with Gasteiger partial charge in [-0.1, -0.05) is 6.92 Å². The van der Waals surface area contributed by atoms with Gasteiger partial charge in [-0.15, -0.1) is 0 Å². The molecule has 1 aliphatic heterocycles. The highest BCUT2D eigenvalue weighted by Gasteiger charge is 2.54. The molecule has 5 heteroatoms. The summed E-state index contributed by atoms with van der Waals surface area (Å²) < 4.78 is 0. The summed E-state index contributed by atoms with van der Waals surface area (Å²) in [6.07, 6.45) is 10.2. The summed E-state index contributed by atoms with van der Waals surface area (Å²) in [5.74, 6) is 3.33. The number of hydrogen-bond donors (Lipinski definition) is 2. The number of nitrogens with one attached hydrogen (secondary N) is 2. The molecule has 164 valence electrons. The molecule has 0 aromatic rings. The Hall–Kier alpha value is -1.10. The lowest BCUT2D eigenvalue weighted by atomic mass is 9.49. The lowest BCUT2D eigenvalue weighted by molar-refractivity contribution is -0.146. The first-order valence-corrected chi connectivity index (χ1v) is 12.1. The van der Waals surface area contributed by atoms with E-state index in [4.69, 9.17) is 0 Å². The summed E-state index contributed by atoms with van der Waals surface area (Å²) in [5.41, 5.74) is -0.134. The molecule has 0 radical (unpaired) electrons. The van der Waals surface area contributed by atoms with Crippen molar-refractivity contribution in [2.75, 3.05) is 26.2 Å². The third kappa shape index (κ3) is 4.65. The maximum atomic E-state index is 13.0. The molecule has 2 amide bonds. The molecule has 5 fully saturated rings. The monoisotopic (exact) mass is 403 g/mol. The van der Waals surface area contributed by atoms with Gasteiger partial charge in [-0.05, 0) is 95.4 Å². The lowest BCUT2D eigenvalue weighted by Gasteiger charge is -2.55. The van der Waals surface area contributed by atoms with Gasteiger partial charge in [0.2, 0.25) is 11.8 Å². The van der Waals surface area contributed by atoms with Crippen LogP contribution in [0, 0.1) is 29.1 Å². The van der Waals surface area contributed by atoms with Gasteiger partial charge in [0.25, 0.3) is 0 Å². The van der Waals surface area contributed by atoms with Gasteiger partial charge in [-0.25, -0.2) is 0 Å². The van der Waals surface area contributed by atoms with Crippen LogP contribution in [0.15, 0.2) is 0 Å². The van der Waals surface area contributed by atoms with Crippen LogP contribution in [0.4, 0.5) is 0 Å². The Morgan fingerprint density at radius 1 is 1.03 bits per heavy atom. The lowest BCUT2D eigenvalue weighted by Crippen LogP contribution is -2.55. The zero-order chi connectivity index (χ0) is 20.6. The van der Waals surface area contributed by atoms with Crippen LogP contribution >= 0.6 is 0 Å². The molecular weight excluding hydrogens is 362 g/mol. The van der Waals surface area contributed by atoms with Crippen molar-refractivity contribution in [2.24, 2.45) is 29.1 Å². The highest BCUT2D eigenvalue weighted by molar-refractivity contribution is 5.84. The van der Waals surface area contributed by atoms with E-state index in [1.807, 2.05) is 0 Å². The van der Waals surface area contributed by atoms with E-state index >= 15 is 0 Å². The molecule has 1 atom stereocenters. The standard InChI is InChI=1S/C24H41N3O2/c1-17-5-4-8-27(15-17)23(2,3)16-26-21(28)6-7-25-22(29)24-12-18-9-19(13-24)11-20(10-18)14-24/h17-20H,4-16H2,1-3H3,(H,25,29)(H,26,28). The molecule has 1 heterocycles. The normalized spacial score (nSPS) is 36.8. The maximum Gasteiger partial charge on any atom is 0.226 e. The number of amides is 2. The molecule has 1 unspecified atom stereocenters. The molecule has 0 aromatic heterocycles. The van der Waals surface area contributed by atoms with E-state index in [9.17, 15) is 9.59 Å². The predicted molar refractivity (Wildman–Crippen MR) is 115 cm³/mol. The molecule has 5 rings (SSSR count). The van der Waals surface area contributed by atoms with Gasteiger partial charge in [-0.3, -0.25) is 14.5 Å². The van der Waals surface area contributed by atoms with Crippen LogP contribution in [0.3, 0.4) is 0 Å². The van der Waals surface area contributed by atoms with Crippen LogP contribution in [-0.4, -0.2) is 48.4 Å². The Morgan fingerprint density at radius 2 is 1.66 bits per heavy atom. The SMILES string of the molecule is CC1CCCN(C(C)(C)CNC(=O)CCNC(=O)C23CC4CC(CC(C4)C2)C3)C1. The molecular formula is C24H41N3O2. The number of piperidine rings is 1. The zero-order valence-electron chi connectivity index (χ0n) is 18.8. The predicted octanol–water partition coefficient (Wildman–Crippen LogP) is 3.34. The van der Waals surface area contributed by atoms with Crippen LogP contribution in [0.5, 0.6) is 0 Å². The number of likely N-dealkylation sites (tertiary alicyclic amines) is 1. The second-order valence-electron chi connectivity index (χ2n) is 11.5. The Bertz CT molecular complexity index is 594. The first-order valence-electron chi connectivity index (χ1n) is 12.1. The first-order chi connectivity index (χ1) is 13.8. The summed E-state index contributed by atoms with van der Waals surface area (Å²) in [6.45, 7) is 10.1. The Balaban J connectivity index is 1.19. The zero-order valence-corrected chi connectivity index (χ0v) is 18.8. The number of nitrogens with zero attached hydrogens (tertiary/aromatic N) is 1. The molecule has 1 saturated heterocycles. The van der Waals surface area contributed by atoms with Crippen molar-refractivity contribution in [3.05, 3.63) is 0 Å². The molecule has 29 heavy (non-hydrogen) atoms. The van der Waals surface area contributed by atoms with Gasteiger partial charge in [0, 0.05) is 37.0 Å². The van der Waals surface area contributed by atoms with E-state index in [1.54, 1.807) is 0 Å². The summed E-state index contributed by atoms with van der Waals surface area (Å²) in [6, 6.07) is 0. The molecule has 5 aliphatic rings. The molecule has 2 N–H and O–H groups in total. The van der Waals surface area contributed by atoms with Gasteiger partial charge in [0.05, 0.1) is 0 Å². The van der Waals surface area contributed by atoms with Crippen LogP contribution in [-0.2, 0) is 9.59 Å². The Labute approximate surface area is 176 Å². The van der Waals surface area contributed by atoms with Crippen LogP contribution < -0.4 is 10.6 Å². The second kappa shape index (κ2) is 8.20. The minimum Gasteiger partial charge on any atom is -0.355 e. The average molecular weight is 404 g/mol. The summed E-state index contributed by atoms with van der Waals surface area (Å²) in [4.78, 5) is 27.9. The Morgan fingerprint density at radius 3 is 2.24 bits per heavy atom. The highest BCUT2D eigenvalue weighted by atomic mass is 16.2. The summed E-state index contributed by atoms with van der Waals surface area (Å²) in [5, 5.41) is 6.24. The third-order valence-corrected chi connectivity index (χ3v) is 8.39. The van der Waals surface area contributed by atoms with Crippen molar-refractivity contribution < 1.29 is 9.59 Å². The second-order valence-corrected chi connectivity index (χ2v) is 11.5. The fraction of sp³-hybridized carbons (Fsp3) is 0.917. The molecule has 0 aromatic carbocycles. The van der Waals surface area contributed by atoms with Gasteiger partial charge in [0.1, 0.15) is 0 Å². The van der Waals surface area contributed by atoms with Crippen molar-refractivity contribution in [1.29, 1.82) is 0 Å². The number of rotatable bonds is 7. The molecule has 5 nitrogen and oxygen atoms in total. The fourth-order valence-electron chi connectivity index (χ4n) is 7.12. The van der Waals surface area contributed by atoms with Gasteiger partial charge < -0.3 is 10.6 Å². The van der Waals surface area contributed by atoms with Crippen LogP contribution in [0.25, 0.3) is 0 Å². The third-order valence-electron chi connectivity index (χ3n) is 8.39. The molecule has 4 bridgehead atoms. The minimum atomic E-state index is -0.113. The quantitative estimate of drug-likeness (QED) is 0.685. The highest BCUT2D eigenvalue weighted by Crippen LogP contribution is 2.60. The maximum absolute atomic E-state index is 13.0. The van der Waals surface area contributed by atoms with E-state index in [-0.39, 0.29) is 22.8 Å². The first kappa shape index (κ1) is 21.1.